The minimum Gasteiger partial charge on any atom is -0.324 e. The molecular formula is C21H20N2O3S2. The van der Waals surface area contributed by atoms with Gasteiger partial charge in [-0.3, -0.25) is 4.79 Å². The van der Waals surface area contributed by atoms with Gasteiger partial charge >= 0.3 is 0 Å². The van der Waals surface area contributed by atoms with E-state index in [1.165, 1.54) is 30.9 Å². The van der Waals surface area contributed by atoms with E-state index in [1.54, 1.807) is 24.3 Å². The maximum Gasteiger partial charge on any atom is 0.243 e. The number of carbonyl (C=O) groups excluding carboxylic acids is 1. The van der Waals surface area contributed by atoms with Gasteiger partial charge in [-0.15, -0.1) is 0 Å². The van der Waals surface area contributed by atoms with Crippen LogP contribution in [0.5, 0.6) is 0 Å². The van der Waals surface area contributed by atoms with Crippen LogP contribution in [-0.4, -0.2) is 32.2 Å². The van der Waals surface area contributed by atoms with Crippen LogP contribution in [0.1, 0.15) is 0 Å². The molecule has 0 bridgehead atoms. The lowest BCUT2D eigenvalue weighted by molar-refractivity contribution is -0.116. The van der Waals surface area contributed by atoms with E-state index in [-0.39, 0.29) is 11.4 Å². The number of sulfonamides is 1. The molecule has 0 spiro atoms. The largest absolute Gasteiger partial charge is 0.324 e. The fourth-order valence-corrected chi connectivity index (χ4v) is 4.59. The van der Waals surface area contributed by atoms with Gasteiger partial charge in [0.2, 0.25) is 15.9 Å². The molecule has 1 N–H and O–H groups in total. The molecule has 0 atom stereocenters. The summed E-state index contributed by atoms with van der Waals surface area (Å²) in [6.07, 6.45) is 0. The lowest BCUT2D eigenvalue weighted by Crippen LogP contribution is -2.35. The highest BCUT2D eigenvalue weighted by Gasteiger charge is 2.23. The molecule has 3 rings (SSSR count). The SMILES string of the molecule is CN(CC(=O)Nc1ccccc1Sc1ccccc1)S(=O)(=O)c1ccccc1. The third-order valence-electron chi connectivity index (χ3n) is 3.95. The topological polar surface area (TPSA) is 66.5 Å². The third-order valence-corrected chi connectivity index (χ3v) is 6.85. The summed E-state index contributed by atoms with van der Waals surface area (Å²) in [5.74, 6) is -0.400. The quantitative estimate of drug-likeness (QED) is 0.635. The van der Waals surface area contributed by atoms with E-state index in [0.717, 1.165) is 14.1 Å². The first-order chi connectivity index (χ1) is 13.5. The van der Waals surface area contributed by atoms with Crippen LogP contribution >= 0.6 is 11.8 Å². The molecule has 0 aliphatic rings. The molecule has 0 aliphatic heterocycles. The molecular weight excluding hydrogens is 392 g/mol. The van der Waals surface area contributed by atoms with E-state index in [9.17, 15) is 13.2 Å². The summed E-state index contributed by atoms with van der Waals surface area (Å²) in [6.45, 7) is -0.276. The van der Waals surface area contributed by atoms with Crippen molar-refractivity contribution in [1.82, 2.24) is 4.31 Å². The number of likely N-dealkylation sites (N-methyl/N-ethyl adjacent to an activating group) is 1. The third kappa shape index (κ3) is 5.01. The van der Waals surface area contributed by atoms with Crippen molar-refractivity contribution in [3.63, 3.8) is 0 Å². The summed E-state index contributed by atoms with van der Waals surface area (Å²) in [6, 6.07) is 25.3. The summed E-state index contributed by atoms with van der Waals surface area (Å²) in [5, 5.41) is 2.82. The smallest absolute Gasteiger partial charge is 0.243 e. The van der Waals surface area contributed by atoms with Crippen molar-refractivity contribution in [3.8, 4) is 0 Å². The first-order valence-corrected chi connectivity index (χ1v) is 10.9. The molecule has 0 radical (unpaired) electrons. The minimum absolute atomic E-state index is 0.158. The zero-order valence-electron chi connectivity index (χ0n) is 15.3. The molecule has 3 aromatic carbocycles. The number of para-hydroxylation sites is 1. The van der Waals surface area contributed by atoms with Gasteiger partial charge in [0.1, 0.15) is 0 Å². The van der Waals surface area contributed by atoms with Crippen LogP contribution in [0.15, 0.2) is 99.6 Å². The molecule has 0 aliphatic carbocycles. The van der Waals surface area contributed by atoms with Crippen LogP contribution in [0, 0.1) is 0 Å². The van der Waals surface area contributed by atoms with E-state index in [4.69, 9.17) is 0 Å². The fourth-order valence-electron chi connectivity index (χ4n) is 2.52. The fraction of sp³-hybridized carbons (Fsp3) is 0.0952. The number of hydrogen-bond donors (Lipinski definition) is 1. The molecule has 5 nitrogen and oxygen atoms in total. The summed E-state index contributed by atoms with van der Waals surface area (Å²) >= 11 is 1.53. The lowest BCUT2D eigenvalue weighted by atomic mass is 10.3. The molecule has 0 saturated heterocycles. The highest BCUT2D eigenvalue weighted by molar-refractivity contribution is 7.99. The normalized spacial score (nSPS) is 11.4. The summed E-state index contributed by atoms with van der Waals surface area (Å²) in [5.41, 5.74) is 0.645. The van der Waals surface area contributed by atoms with Crippen molar-refractivity contribution in [1.29, 1.82) is 0 Å². The van der Waals surface area contributed by atoms with Gasteiger partial charge in [-0.1, -0.05) is 60.3 Å². The zero-order chi connectivity index (χ0) is 20.0. The monoisotopic (exact) mass is 412 g/mol. The minimum atomic E-state index is -3.72. The number of benzene rings is 3. The number of rotatable bonds is 7. The molecule has 144 valence electrons. The van der Waals surface area contributed by atoms with Crippen molar-refractivity contribution in [2.45, 2.75) is 14.7 Å². The number of nitrogens with one attached hydrogen (secondary N) is 1. The molecule has 0 fully saturated rings. The summed E-state index contributed by atoms with van der Waals surface area (Å²) in [4.78, 5) is 14.6. The highest BCUT2D eigenvalue weighted by atomic mass is 32.2. The Morgan fingerprint density at radius 2 is 1.46 bits per heavy atom. The second-order valence-electron chi connectivity index (χ2n) is 6.03. The average Bonchev–Trinajstić information content (AvgIpc) is 2.71. The van der Waals surface area contributed by atoms with E-state index in [1.807, 2.05) is 48.5 Å². The zero-order valence-corrected chi connectivity index (χ0v) is 16.9. The number of anilines is 1. The Hall–Kier alpha value is -2.61. The van der Waals surface area contributed by atoms with Crippen molar-refractivity contribution in [2.24, 2.45) is 0 Å². The summed E-state index contributed by atoms with van der Waals surface area (Å²) < 4.78 is 26.2. The maximum absolute atomic E-state index is 12.6. The van der Waals surface area contributed by atoms with Crippen LogP contribution in [0.4, 0.5) is 5.69 Å². The predicted molar refractivity (Wildman–Crippen MR) is 112 cm³/mol. The Balaban J connectivity index is 1.70. The van der Waals surface area contributed by atoms with E-state index < -0.39 is 15.9 Å². The lowest BCUT2D eigenvalue weighted by Gasteiger charge is -2.17. The molecule has 1 amide bonds. The van der Waals surface area contributed by atoms with Gasteiger partial charge in [0.15, 0.2) is 0 Å². The first kappa shape index (κ1) is 20.1. The van der Waals surface area contributed by atoms with E-state index in [2.05, 4.69) is 5.32 Å². The molecule has 0 heterocycles. The van der Waals surface area contributed by atoms with Gasteiger partial charge in [-0.25, -0.2) is 8.42 Å². The Bertz CT molecular complexity index is 1040. The molecule has 0 unspecified atom stereocenters. The molecule has 7 heteroatoms. The molecule has 3 aromatic rings. The molecule has 28 heavy (non-hydrogen) atoms. The average molecular weight is 413 g/mol. The van der Waals surface area contributed by atoms with Crippen LogP contribution in [0.25, 0.3) is 0 Å². The van der Waals surface area contributed by atoms with Crippen LogP contribution in [-0.2, 0) is 14.8 Å². The van der Waals surface area contributed by atoms with Crippen molar-refractivity contribution < 1.29 is 13.2 Å². The first-order valence-electron chi connectivity index (χ1n) is 8.60. The van der Waals surface area contributed by atoms with Gasteiger partial charge < -0.3 is 5.32 Å². The second-order valence-corrected chi connectivity index (χ2v) is 9.19. The molecule has 0 aromatic heterocycles. The number of nitrogens with zero attached hydrogens (tertiary/aromatic N) is 1. The maximum atomic E-state index is 12.6. The van der Waals surface area contributed by atoms with Crippen LogP contribution in [0.3, 0.4) is 0 Å². The summed E-state index contributed by atoms with van der Waals surface area (Å²) in [7, 11) is -2.32. The van der Waals surface area contributed by atoms with Crippen molar-refractivity contribution in [3.05, 3.63) is 84.9 Å². The second kappa shape index (κ2) is 9.05. The van der Waals surface area contributed by atoms with Gasteiger partial charge in [0, 0.05) is 16.8 Å². The van der Waals surface area contributed by atoms with Crippen molar-refractivity contribution >= 4 is 33.4 Å². The van der Waals surface area contributed by atoms with Gasteiger partial charge in [0.25, 0.3) is 0 Å². The number of amides is 1. The Morgan fingerprint density at radius 3 is 2.14 bits per heavy atom. The van der Waals surface area contributed by atoms with Gasteiger partial charge in [0.05, 0.1) is 17.1 Å². The Kier molecular flexibility index (Phi) is 6.51. The Labute approximate surface area is 169 Å². The van der Waals surface area contributed by atoms with E-state index in [0.29, 0.717) is 5.69 Å². The van der Waals surface area contributed by atoms with Crippen molar-refractivity contribution in [2.75, 3.05) is 18.9 Å². The van der Waals surface area contributed by atoms with Crippen LogP contribution in [0.2, 0.25) is 0 Å². The molecule has 0 saturated carbocycles. The Morgan fingerprint density at radius 1 is 0.893 bits per heavy atom. The number of carbonyl (C=O) groups is 1. The number of hydrogen-bond acceptors (Lipinski definition) is 4. The van der Waals surface area contributed by atoms with Gasteiger partial charge in [-0.2, -0.15) is 4.31 Å². The predicted octanol–water partition coefficient (Wildman–Crippen LogP) is 4.10. The van der Waals surface area contributed by atoms with Crippen LogP contribution < -0.4 is 5.32 Å². The van der Waals surface area contributed by atoms with Gasteiger partial charge in [-0.05, 0) is 36.4 Å². The standard InChI is InChI=1S/C21H20N2O3S2/c1-23(28(25,26)18-12-6-3-7-13-18)16-21(24)22-19-14-8-9-15-20(19)27-17-10-4-2-5-11-17/h2-15H,16H2,1H3,(H,22,24). The van der Waals surface area contributed by atoms with E-state index >= 15 is 0 Å². The highest BCUT2D eigenvalue weighted by Crippen LogP contribution is 2.33.